The van der Waals surface area contributed by atoms with Crippen LogP contribution in [0.15, 0.2) is 71.2 Å². The summed E-state index contributed by atoms with van der Waals surface area (Å²) in [6.45, 7) is 0.949. The molecule has 0 saturated heterocycles. The molecule has 3 rings (SSSR count). The van der Waals surface area contributed by atoms with E-state index < -0.39 is 0 Å². The molecule has 0 aliphatic rings. The Hall–Kier alpha value is -2.53. The van der Waals surface area contributed by atoms with E-state index in [0.717, 1.165) is 21.3 Å². The van der Waals surface area contributed by atoms with Crippen molar-refractivity contribution in [1.29, 1.82) is 0 Å². The maximum absolute atomic E-state index is 13.1. The monoisotopic (exact) mass is 415 g/mol. The van der Waals surface area contributed by atoms with Crippen molar-refractivity contribution in [3.8, 4) is 11.5 Å². The minimum Gasteiger partial charge on any atom is -0.493 e. The Kier molecular flexibility index (Phi) is 6.12. The van der Waals surface area contributed by atoms with Crippen LogP contribution < -0.4 is 14.8 Å². The normalized spacial score (nSPS) is 10.4. The number of benzene rings is 3. The first-order valence-corrected chi connectivity index (χ1v) is 8.98. The molecule has 0 radical (unpaired) electrons. The Bertz CT molecular complexity index is 854. The highest BCUT2D eigenvalue weighted by atomic mass is 79.9. The first kappa shape index (κ1) is 18.3. The molecule has 26 heavy (non-hydrogen) atoms. The zero-order chi connectivity index (χ0) is 18.4. The second-order valence-corrected chi connectivity index (χ2v) is 6.55. The molecule has 0 unspecified atom stereocenters. The zero-order valence-corrected chi connectivity index (χ0v) is 15.9. The zero-order valence-electron chi connectivity index (χ0n) is 14.3. The Morgan fingerprint density at radius 3 is 2.38 bits per heavy atom. The highest BCUT2D eigenvalue weighted by molar-refractivity contribution is 9.10. The smallest absolute Gasteiger partial charge is 0.167 e. The van der Waals surface area contributed by atoms with Gasteiger partial charge in [0.25, 0.3) is 0 Å². The first-order chi connectivity index (χ1) is 12.7. The van der Waals surface area contributed by atoms with Crippen molar-refractivity contribution in [2.45, 2.75) is 13.2 Å². The molecule has 0 aromatic heterocycles. The van der Waals surface area contributed by atoms with Gasteiger partial charge in [-0.3, -0.25) is 0 Å². The third kappa shape index (κ3) is 4.55. The summed E-state index contributed by atoms with van der Waals surface area (Å²) in [6.07, 6.45) is 0. The lowest BCUT2D eigenvalue weighted by atomic mass is 10.1. The van der Waals surface area contributed by atoms with Gasteiger partial charge in [-0.15, -0.1) is 0 Å². The van der Waals surface area contributed by atoms with Gasteiger partial charge in [0.05, 0.1) is 7.11 Å². The molecule has 0 amide bonds. The summed E-state index contributed by atoms with van der Waals surface area (Å²) >= 11 is 3.59. The lowest BCUT2D eigenvalue weighted by Crippen LogP contribution is -2.06. The molecule has 0 fully saturated rings. The average molecular weight is 416 g/mol. The standard InChI is InChI=1S/C21H19BrFNO2/c1-25-20-12-11-19(22)18(13-24-17-9-7-16(23)8-10-17)21(20)26-14-15-5-3-2-4-6-15/h2-12,24H,13-14H2,1H3. The molecule has 1 N–H and O–H groups in total. The summed E-state index contributed by atoms with van der Waals surface area (Å²) in [5, 5.41) is 3.29. The van der Waals surface area contributed by atoms with Crippen LogP contribution in [0.5, 0.6) is 11.5 Å². The lowest BCUT2D eigenvalue weighted by molar-refractivity contribution is 0.281. The molecule has 0 atom stereocenters. The van der Waals surface area contributed by atoms with Crippen molar-refractivity contribution in [2.75, 3.05) is 12.4 Å². The summed E-state index contributed by atoms with van der Waals surface area (Å²) in [4.78, 5) is 0. The maximum Gasteiger partial charge on any atom is 0.167 e. The summed E-state index contributed by atoms with van der Waals surface area (Å²) in [5.41, 5.74) is 2.84. The summed E-state index contributed by atoms with van der Waals surface area (Å²) < 4.78 is 25.5. The number of hydrogen-bond donors (Lipinski definition) is 1. The van der Waals surface area contributed by atoms with Gasteiger partial charge in [-0.05, 0) is 42.0 Å². The SMILES string of the molecule is COc1ccc(Br)c(CNc2ccc(F)cc2)c1OCc1ccccc1. The second kappa shape index (κ2) is 8.72. The van der Waals surface area contributed by atoms with Crippen LogP contribution in [0, 0.1) is 5.82 Å². The molecule has 0 aliphatic heterocycles. The highest BCUT2D eigenvalue weighted by Gasteiger charge is 2.15. The Morgan fingerprint density at radius 2 is 1.69 bits per heavy atom. The minimum absolute atomic E-state index is 0.259. The number of hydrogen-bond acceptors (Lipinski definition) is 3. The van der Waals surface area contributed by atoms with Crippen LogP contribution in [0.2, 0.25) is 0 Å². The van der Waals surface area contributed by atoms with E-state index in [9.17, 15) is 4.39 Å². The van der Waals surface area contributed by atoms with Gasteiger partial charge >= 0.3 is 0 Å². The van der Waals surface area contributed by atoms with Crippen molar-refractivity contribution in [1.82, 2.24) is 0 Å². The van der Waals surface area contributed by atoms with E-state index >= 15 is 0 Å². The van der Waals surface area contributed by atoms with E-state index in [0.29, 0.717) is 24.7 Å². The number of ether oxygens (including phenoxy) is 2. The number of anilines is 1. The van der Waals surface area contributed by atoms with Gasteiger partial charge < -0.3 is 14.8 Å². The van der Waals surface area contributed by atoms with Crippen LogP contribution in [0.4, 0.5) is 10.1 Å². The fraction of sp³-hybridized carbons (Fsp3) is 0.143. The van der Waals surface area contributed by atoms with Gasteiger partial charge in [0, 0.05) is 22.3 Å². The molecule has 3 aromatic rings. The third-order valence-electron chi connectivity index (χ3n) is 3.93. The summed E-state index contributed by atoms with van der Waals surface area (Å²) in [6, 6.07) is 20.0. The summed E-state index contributed by atoms with van der Waals surface area (Å²) in [7, 11) is 1.62. The molecule has 0 heterocycles. The number of nitrogens with one attached hydrogen (secondary N) is 1. The average Bonchev–Trinajstić information content (AvgIpc) is 2.67. The van der Waals surface area contributed by atoms with Gasteiger partial charge in [0.15, 0.2) is 11.5 Å². The van der Waals surface area contributed by atoms with Crippen molar-refractivity contribution in [3.63, 3.8) is 0 Å². The Morgan fingerprint density at radius 1 is 0.962 bits per heavy atom. The van der Waals surface area contributed by atoms with Crippen molar-refractivity contribution < 1.29 is 13.9 Å². The summed E-state index contributed by atoms with van der Waals surface area (Å²) in [5.74, 6) is 1.09. The van der Waals surface area contributed by atoms with Crippen LogP contribution >= 0.6 is 15.9 Å². The largest absolute Gasteiger partial charge is 0.493 e. The van der Waals surface area contributed by atoms with Crippen LogP contribution in [-0.4, -0.2) is 7.11 Å². The maximum atomic E-state index is 13.1. The topological polar surface area (TPSA) is 30.5 Å². The van der Waals surface area contributed by atoms with Crippen molar-refractivity contribution >= 4 is 21.6 Å². The fourth-order valence-corrected chi connectivity index (χ4v) is 3.01. The lowest BCUT2D eigenvalue weighted by Gasteiger charge is -2.17. The number of halogens is 2. The molecular weight excluding hydrogens is 397 g/mol. The van der Waals surface area contributed by atoms with Crippen LogP contribution in [0.1, 0.15) is 11.1 Å². The van der Waals surface area contributed by atoms with Crippen molar-refractivity contribution in [2.24, 2.45) is 0 Å². The van der Waals surface area contributed by atoms with Crippen LogP contribution in [0.25, 0.3) is 0 Å². The molecule has 0 aliphatic carbocycles. The molecule has 3 aromatic carbocycles. The molecule has 0 bridgehead atoms. The van der Waals surface area contributed by atoms with E-state index in [1.165, 1.54) is 12.1 Å². The van der Waals surface area contributed by atoms with Gasteiger partial charge in [-0.2, -0.15) is 0 Å². The predicted octanol–water partition coefficient (Wildman–Crippen LogP) is 5.79. The van der Waals surface area contributed by atoms with Crippen LogP contribution in [-0.2, 0) is 13.2 Å². The molecule has 5 heteroatoms. The molecule has 0 spiro atoms. The molecule has 3 nitrogen and oxygen atoms in total. The van der Waals surface area contributed by atoms with Gasteiger partial charge in [0.1, 0.15) is 12.4 Å². The molecule has 0 saturated carbocycles. The van der Waals surface area contributed by atoms with Gasteiger partial charge in [-0.1, -0.05) is 46.3 Å². The second-order valence-electron chi connectivity index (χ2n) is 5.69. The van der Waals surface area contributed by atoms with E-state index in [2.05, 4.69) is 21.2 Å². The Balaban J connectivity index is 1.81. The molecular formula is C21H19BrFNO2. The van der Waals surface area contributed by atoms with Gasteiger partial charge in [-0.25, -0.2) is 4.39 Å². The van der Waals surface area contributed by atoms with E-state index in [1.54, 1.807) is 19.2 Å². The third-order valence-corrected chi connectivity index (χ3v) is 4.67. The number of rotatable bonds is 7. The number of methoxy groups -OCH3 is 1. The first-order valence-electron chi connectivity index (χ1n) is 8.19. The quantitative estimate of drug-likeness (QED) is 0.529. The minimum atomic E-state index is -0.259. The molecule has 134 valence electrons. The van der Waals surface area contributed by atoms with E-state index in [-0.39, 0.29) is 5.82 Å². The fourth-order valence-electron chi connectivity index (χ4n) is 2.55. The van der Waals surface area contributed by atoms with E-state index in [4.69, 9.17) is 9.47 Å². The Labute approximate surface area is 160 Å². The van der Waals surface area contributed by atoms with Crippen LogP contribution in [0.3, 0.4) is 0 Å². The van der Waals surface area contributed by atoms with Crippen molar-refractivity contribution in [3.05, 3.63) is 88.1 Å². The van der Waals surface area contributed by atoms with E-state index in [1.807, 2.05) is 42.5 Å². The predicted molar refractivity (Wildman–Crippen MR) is 105 cm³/mol. The van der Waals surface area contributed by atoms with Gasteiger partial charge in [0.2, 0.25) is 0 Å². The highest BCUT2D eigenvalue weighted by Crippen LogP contribution is 2.37.